The molecule has 0 spiro atoms. The summed E-state index contributed by atoms with van der Waals surface area (Å²) in [6.45, 7) is 5.69. The fraction of sp³-hybridized carbons (Fsp3) is 0.379. The molecule has 0 aliphatic heterocycles. The van der Waals surface area contributed by atoms with Gasteiger partial charge < -0.3 is 15.4 Å². The zero-order valence-corrected chi connectivity index (χ0v) is 23.4. The van der Waals surface area contributed by atoms with Crippen LogP contribution in [0.3, 0.4) is 0 Å². The van der Waals surface area contributed by atoms with Gasteiger partial charge in [0.15, 0.2) is 17.5 Å². The fourth-order valence-corrected chi connectivity index (χ4v) is 5.32. The highest BCUT2D eigenvalue weighted by Crippen LogP contribution is 2.41. The van der Waals surface area contributed by atoms with Crippen LogP contribution in [0.2, 0.25) is 0 Å². The number of aromatic nitrogens is 6. The van der Waals surface area contributed by atoms with Gasteiger partial charge in [-0.2, -0.15) is 15.5 Å². The summed E-state index contributed by atoms with van der Waals surface area (Å²) in [5.74, 6) is 1.11. The molecule has 0 unspecified atom stereocenters. The van der Waals surface area contributed by atoms with Crippen molar-refractivity contribution in [2.24, 2.45) is 0 Å². The Balaban J connectivity index is 1.27. The lowest BCUT2D eigenvalue weighted by Gasteiger charge is -2.38. The molecule has 3 N–H and O–H groups in total. The SMILES string of the molecule is CO[C@]1(C(=O)N[C@@H](C)c2ccc(-n3cc(F)cn3)nc2)CC[C@H](c2nc(Nc3cc(C)[nH]n3)cc(C)c2C#N)CC1. The largest absolute Gasteiger partial charge is 0.368 e. The van der Waals surface area contributed by atoms with Crippen LogP contribution in [0, 0.1) is 31.0 Å². The number of carbonyl (C=O) groups is 1. The highest BCUT2D eigenvalue weighted by Gasteiger charge is 2.43. The maximum Gasteiger partial charge on any atom is 0.252 e. The normalized spacial score (nSPS) is 19.4. The van der Waals surface area contributed by atoms with E-state index in [1.165, 1.54) is 10.9 Å². The van der Waals surface area contributed by atoms with Gasteiger partial charge >= 0.3 is 0 Å². The summed E-state index contributed by atoms with van der Waals surface area (Å²) in [5.41, 5.74) is 2.85. The van der Waals surface area contributed by atoms with E-state index >= 15 is 0 Å². The van der Waals surface area contributed by atoms with Gasteiger partial charge in [-0.05, 0) is 69.7 Å². The van der Waals surface area contributed by atoms with Crippen molar-refractivity contribution in [3.63, 3.8) is 0 Å². The Bertz CT molecular complexity index is 1580. The zero-order valence-electron chi connectivity index (χ0n) is 23.4. The molecule has 1 atom stereocenters. The third-order valence-corrected chi connectivity index (χ3v) is 7.71. The number of H-pyrrole nitrogens is 1. The molecule has 11 nitrogen and oxygen atoms in total. The number of methoxy groups -OCH3 is 1. The Morgan fingerprint density at radius 1 is 1.24 bits per heavy atom. The Hall–Kier alpha value is -4.63. The number of halogens is 1. The summed E-state index contributed by atoms with van der Waals surface area (Å²) in [6.07, 6.45) is 6.24. The number of ether oxygens (including phenoxy) is 1. The summed E-state index contributed by atoms with van der Waals surface area (Å²) >= 11 is 0. The minimum absolute atomic E-state index is 0.00314. The van der Waals surface area contributed by atoms with Crippen molar-refractivity contribution in [1.82, 2.24) is 35.3 Å². The molecule has 4 aromatic heterocycles. The second-order valence-electron chi connectivity index (χ2n) is 10.5. The highest BCUT2D eigenvalue weighted by atomic mass is 19.1. The van der Waals surface area contributed by atoms with E-state index in [0.717, 1.165) is 28.7 Å². The van der Waals surface area contributed by atoms with Gasteiger partial charge in [0.25, 0.3) is 5.91 Å². The van der Waals surface area contributed by atoms with Crippen LogP contribution in [0.15, 0.2) is 42.9 Å². The molecule has 1 saturated carbocycles. The third-order valence-electron chi connectivity index (χ3n) is 7.71. The van der Waals surface area contributed by atoms with Crippen LogP contribution in [0.4, 0.5) is 16.0 Å². The lowest BCUT2D eigenvalue weighted by atomic mass is 9.75. The second kappa shape index (κ2) is 11.5. The lowest BCUT2D eigenvalue weighted by Crippen LogP contribution is -2.50. The molecular formula is C29H32FN9O2. The van der Waals surface area contributed by atoms with Gasteiger partial charge in [0.2, 0.25) is 0 Å². The Morgan fingerprint density at radius 3 is 2.61 bits per heavy atom. The van der Waals surface area contributed by atoms with E-state index in [9.17, 15) is 14.4 Å². The van der Waals surface area contributed by atoms with Crippen LogP contribution < -0.4 is 10.6 Å². The highest BCUT2D eigenvalue weighted by molar-refractivity contribution is 5.85. The van der Waals surface area contributed by atoms with Gasteiger partial charge in [-0.1, -0.05) is 6.07 Å². The molecule has 4 aromatic rings. The minimum atomic E-state index is -0.991. The molecule has 41 heavy (non-hydrogen) atoms. The second-order valence-corrected chi connectivity index (χ2v) is 10.5. The monoisotopic (exact) mass is 557 g/mol. The quantitative estimate of drug-likeness (QED) is 0.283. The number of rotatable bonds is 8. The molecule has 1 amide bonds. The summed E-state index contributed by atoms with van der Waals surface area (Å²) in [4.78, 5) is 22.7. The molecule has 0 aromatic carbocycles. The number of nitriles is 1. The van der Waals surface area contributed by atoms with Crippen molar-refractivity contribution in [1.29, 1.82) is 5.26 Å². The van der Waals surface area contributed by atoms with Crippen LogP contribution in [0.1, 0.15) is 72.6 Å². The first-order chi connectivity index (χ1) is 19.7. The zero-order chi connectivity index (χ0) is 29.1. The number of nitrogens with one attached hydrogen (secondary N) is 3. The van der Waals surface area contributed by atoms with Crippen molar-refractivity contribution in [2.45, 2.75) is 64.0 Å². The van der Waals surface area contributed by atoms with Gasteiger partial charge in [-0.3, -0.25) is 9.89 Å². The van der Waals surface area contributed by atoms with Crippen molar-refractivity contribution in [3.8, 4) is 11.9 Å². The average molecular weight is 558 g/mol. The summed E-state index contributed by atoms with van der Waals surface area (Å²) in [7, 11) is 1.56. The molecule has 0 saturated heterocycles. The number of pyridine rings is 2. The Labute approximate surface area is 237 Å². The maximum absolute atomic E-state index is 13.5. The molecule has 4 heterocycles. The van der Waals surface area contributed by atoms with Crippen LogP contribution >= 0.6 is 0 Å². The van der Waals surface area contributed by atoms with Crippen LogP contribution in [-0.2, 0) is 9.53 Å². The van der Waals surface area contributed by atoms with Gasteiger partial charge in [0, 0.05) is 31.0 Å². The van der Waals surface area contributed by atoms with E-state index in [1.54, 1.807) is 19.4 Å². The number of amides is 1. The number of hydrogen-bond acceptors (Lipinski definition) is 8. The van der Waals surface area contributed by atoms with E-state index < -0.39 is 11.4 Å². The van der Waals surface area contributed by atoms with E-state index in [0.29, 0.717) is 48.7 Å². The smallest absolute Gasteiger partial charge is 0.252 e. The van der Waals surface area contributed by atoms with Crippen molar-refractivity contribution in [3.05, 3.63) is 76.8 Å². The van der Waals surface area contributed by atoms with E-state index in [2.05, 4.69) is 37.0 Å². The minimum Gasteiger partial charge on any atom is -0.368 e. The molecule has 12 heteroatoms. The molecule has 0 bridgehead atoms. The molecule has 1 aliphatic carbocycles. The van der Waals surface area contributed by atoms with E-state index in [4.69, 9.17) is 9.72 Å². The number of hydrogen-bond donors (Lipinski definition) is 3. The number of anilines is 2. The number of nitrogens with zero attached hydrogens (tertiary/aromatic N) is 6. The van der Waals surface area contributed by atoms with E-state index in [-0.39, 0.29) is 17.9 Å². The maximum atomic E-state index is 13.5. The van der Waals surface area contributed by atoms with Crippen molar-refractivity contribution >= 4 is 17.5 Å². The van der Waals surface area contributed by atoms with Crippen LogP contribution in [0.5, 0.6) is 0 Å². The van der Waals surface area contributed by atoms with Gasteiger partial charge in [0.05, 0.1) is 29.7 Å². The molecule has 0 radical (unpaired) electrons. The number of aromatic amines is 1. The molecule has 1 aliphatic rings. The predicted molar refractivity (Wildman–Crippen MR) is 149 cm³/mol. The number of aryl methyl sites for hydroxylation is 2. The number of carbonyl (C=O) groups excluding carboxylic acids is 1. The first kappa shape index (κ1) is 27.9. The van der Waals surface area contributed by atoms with Crippen molar-refractivity contribution in [2.75, 3.05) is 12.4 Å². The molecular weight excluding hydrogens is 525 g/mol. The van der Waals surface area contributed by atoms with Gasteiger partial charge in [-0.15, -0.1) is 0 Å². The first-order valence-corrected chi connectivity index (χ1v) is 13.4. The summed E-state index contributed by atoms with van der Waals surface area (Å²) < 4.78 is 20.5. The summed E-state index contributed by atoms with van der Waals surface area (Å²) in [5, 5.41) is 27.2. The van der Waals surface area contributed by atoms with Gasteiger partial charge in [-0.25, -0.2) is 19.0 Å². The average Bonchev–Trinajstić information content (AvgIpc) is 3.60. The van der Waals surface area contributed by atoms with Gasteiger partial charge in [0.1, 0.15) is 17.5 Å². The molecule has 212 valence electrons. The van der Waals surface area contributed by atoms with Crippen LogP contribution in [-0.4, -0.2) is 48.6 Å². The first-order valence-electron chi connectivity index (χ1n) is 13.4. The van der Waals surface area contributed by atoms with Crippen LogP contribution in [0.25, 0.3) is 5.82 Å². The lowest BCUT2D eigenvalue weighted by molar-refractivity contribution is -0.148. The Morgan fingerprint density at radius 2 is 2.02 bits per heavy atom. The summed E-state index contributed by atoms with van der Waals surface area (Å²) in [6, 6.07) is 9.27. The third kappa shape index (κ3) is 5.81. The fourth-order valence-electron chi connectivity index (χ4n) is 5.32. The standard InChI is InChI=1S/C29H32FN9O2/c1-17-11-24(35-25-12-18(2)37-38-25)36-27(23(17)13-31)20-7-9-29(41-4,10-8-20)28(40)34-19(3)21-5-6-26(32-14-21)39-16-22(30)15-33-39/h5-6,11-12,14-16,19-20H,7-10H2,1-4H3,(H,34,40)(H2,35,36,37,38)/t19-,20-,29+/m0/s1. The Kier molecular flexibility index (Phi) is 7.81. The predicted octanol–water partition coefficient (Wildman–Crippen LogP) is 4.68. The molecule has 5 rings (SSSR count). The molecule has 1 fully saturated rings. The van der Waals surface area contributed by atoms with Crippen molar-refractivity contribution < 1.29 is 13.9 Å². The van der Waals surface area contributed by atoms with E-state index in [1.807, 2.05) is 39.0 Å². The topological polar surface area (TPSA) is 146 Å².